The van der Waals surface area contributed by atoms with Crippen LogP contribution in [0.2, 0.25) is 0 Å². The molecule has 46 heavy (non-hydrogen) atoms. The van der Waals surface area contributed by atoms with Gasteiger partial charge in [0, 0.05) is 51.6 Å². The lowest BCUT2D eigenvalue weighted by Gasteiger charge is -2.60. The number of nitrogens with zero attached hydrogens (tertiary/aromatic N) is 3. The van der Waals surface area contributed by atoms with Gasteiger partial charge in [0.15, 0.2) is 23.1 Å². The molecule has 2 bridgehead atoms. The van der Waals surface area contributed by atoms with Gasteiger partial charge in [-0.05, 0) is 45.4 Å². The average Bonchev–Trinajstić information content (AvgIpc) is 3.05. The molecule has 1 aromatic rings. The monoisotopic (exact) mass is 623 g/mol. The molecule has 2 aliphatic carbocycles. The molecular weight excluding hydrogens is 590 g/mol. The minimum atomic E-state index is -1.00. The molecule has 0 amide bonds. The molecule has 0 unspecified atom stereocenters. The SMILES string of the molecule is COC1=C(C)C(=O)C2=C(C1=O)[C@H]1[C@@H]3CC4=C(C(=O)C(OC)=C(C)C4=O)[C@H](COC(=O)/C=C/c4ccccc4)N3[C@@H](C#N)[C@H](C2)N1C. The first-order valence-electron chi connectivity index (χ1n) is 15.0. The molecule has 236 valence electrons. The summed E-state index contributed by atoms with van der Waals surface area (Å²) in [6.07, 6.45) is 3.02. The van der Waals surface area contributed by atoms with Crippen LogP contribution >= 0.6 is 0 Å². The third kappa shape index (κ3) is 4.59. The van der Waals surface area contributed by atoms with E-state index in [-0.39, 0.29) is 64.6 Å². The maximum atomic E-state index is 13.9. The van der Waals surface area contributed by atoms with E-state index < -0.39 is 53.5 Å². The predicted molar refractivity (Wildman–Crippen MR) is 163 cm³/mol. The number of nitriles is 1. The highest BCUT2D eigenvalue weighted by molar-refractivity contribution is 6.26. The summed E-state index contributed by atoms with van der Waals surface area (Å²) >= 11 is 0. The van der Waals surface area contributed by atoms with Gasteiger partial charge in [-0.2, -0.15) is 5.26 Å². The van der Waals surface area contributed by atoms with E-state index in [2.05, 4.69) is 6.07 Å². The molecule has 0 spiro atoms. The number of hydrogen-bond acceptors (Lipinski definition) is 11. The lowest BCUT2D eigenvalue weighted by molar-refractivity contribution is -0.142. The predicted octanol–water partition coefficient (Wildman–Crippen LogP) is 2.40. The normalized spacial score (nSPS) is 28.3. The summed E-state index contributed by atoms with van der Waals surface area (Å²) in [5.74, 6) is -2.45. The van der Waals surface area contributed by atoms with Crippen molar-refractivity contribution in [3.05, 3.63) is 86.9 Å². The van der Waals surface area contributed by atoms with Crippen molar-refractivity contribution in [3.63, 3.8) is 0 Å². The second kappa shape index (κ2) is 11.8. The second-order valence-corrected chi connectivity index (χ2v) is 12.0. The van der Waals surface area contributed by atoms with E-state index >= 15 is 0 Å². The highest BCUT2D eigenvalue weighted by Gasteiger charge is 2.60. The van der Waals surface area contributed by atoms with E-state index in [0.29, 0.717) is 5.57 Å². The number of allylic oxidation sites excluding steroid dienone is 4. The number of ketones is 4. The summed E-state index contributed by atoms with van der Waals surface area (Å²) in [6.45, 7) is 2.72. The van der Waals surface area contributed by atoms with Gasteiger partial charge in [0.2, 0.25) is 11.6 Å². The van der Waals surface area contributed by atoms with Crippen LogP contribution in [0, 0.1) is 11.3 Å². The molecule has 5 atom stereocenters. The highest BCUT2D eigenvalue weighted by atomic mass is 16.5. The van der Waals surface area contributed by atoms with Gasteiger partial charge in [-0.3, -0.25) is 29.0 Å². The van der Waals surface area contributed by atoms with Crippen molar-refractivity contribution in [1.29, 1.82) is 5.26 Å². The second-order valence-electron chi connectivity index (χ2n) is 12.0. The van der Waals surface area contributed by atoms with Crippen molar-refractivity contribution in [2.24, 2.45) is 0 Å². The number of rotatable bonds is 6. The average molecular weight is 624 g/mol. The van der Waals surface area contributed by atoms with Crippen LogP contribution in [0.1, 0.15) is 32.3 Å². The van der Waals surface area contributed by atoms with E-state index in [0.717, 1.165) is 5.56 Å². The molecule has 5 aliphatic rings. The summed E-state index contributed by atoms with van der Waals surface area (Å²) in [5, 5.41) is 10.6. The number of carbonyl (C=O) groups excluding carboxylic acids is 5. The van der Waals surface area contributed by atoms with Crippen LogP contribution in [0.4, 0.5) is 0 Å². The lowest BCUT2D eigenvalue weighted by atomic mass is 9.67. The topological polar surface area (TPSA) is 143 Å². The highest BCUT2D eigenvalue weighted by Crippen LogP contribution is 2.49. The minimum absolute atomic E-state index is 0.0236. The maximum absolute atomic E-state index is 13.9. The molecule has 0 N–H and O–H groups in total. The van der Waals surface area contributed by atoms with Crippen molar-refractivity contribution < 1.29 is 38.2 Å². The molecule has 1 aromatic carbocycles. The fraction of sp³-hybridized carbons (Fsp3) is 0.371. The van der Waals surface area contributed by atoms with Crippen LogP contribution in [0.25, 0.3) is 6.08 Å². The van der Waals surface area contributed by atoms with Gasteiger partial charge in [-0.15, -0.1) is 0 Å². The van der Waals surface area contributed by atoms with Crippen molar-refractivity contribution in [1.82, 2.24) is 9.80 Å². The number of likely N-dealkylation sites (N-methyl/N-ethyl adjacent to an activating group) is 1. The lowest BCUT2D eigenvalue weighted by Crippen LogP contribution is -2.74. The Kier molecular flexibility index (Phi) is 7.96. The summed E-state index contributed by atoms with van der Waals surface area (Å²) in [5.41, 5.74) is 2.08. The molecular formula is C35H33N3O8. The number of piperazine rings is 1. The number of hydrogen-bond donors (Lipinski definition) is 0. The molecule has 0 radical (unpaired) electrons. The van der Waals surface area contributed by atoms with Crippen molar-refractivity contribution in [2.75, 3.05) is 27.9 Å². The number of ether oxygens (including phenoxy) is 3. The number of carbonyl (C=O) groups is 5. The molecule has 11 heteroatoms. The van der Waals surface area contributed by atoms with Crippen molar-refractivity contribution >= 4 is 35.2 Å². The summed E-state index contributed by atoms with van der Waals surface area (Å²) in [4.78, 5) is 71.9. The van der Waals surface area contributed by atoms with Crippen LogP contribution < -0.4 is 0 Å². The van der Waals surface area contributed by atoms with Gasteiger partial charge in [-0.25, -0.2) is 4.79 Å². The molecule has 1 fully saturated rings. The summed E-state index contributed by atoms with van der Waals surface area (Å²) in [7, 11) is 4.45. The van der Waals surface area contributed by atoms with Gasteiger partial charge in [0.05, 0.1) is 32.4 Å². The van der Waals surface area contributed by atoms with Crippen LogP contribution in [-0.2, 0) is 38.2 Å². The summed E-state index contributed by atoms with van der Waals surface area (Å²) < 4.78 is 16.5. The minimum Gasteiger partial charge on any atom is -0.492 e. The van der Waals surface area contributed by atoms with Gasteiger partial charge in [-0.1, -0.05) is 30.3 Å². The van der Waals surface area contributed by atoms with Gasteiger partial charge in [0.1, 0.15) is 12.6 Å². The zero-order chi connectivity index (χ0) is 33.0. The fourth-order valence-electron chi connectivity index (χ4n) is 7.71. The first-order valence-corrected chi connectivity index (χ1v) is 15.0. The van der Waals surface area contributed by atoms with Crippen LogP contribution in [0.3, 0.4) is 0 Å². The van der Waals surface area contributed by atoms with E-state index in [4.69, 9.17) is 14.2 Å². The standard InChI is InChI=1S/C35H33N3O8/c1-17-30(40)20-14-23-29-28-21(31(41)18(2)35(45-5)33(28)43)13-22(37(29)3)24(15-36)38(23)25(27(20)32(42)34(17)44-4)16-46-26(39)12-11-19-9-7-6-8-10-19/h6-12,22-25,29H,13-14,16H2,1-5H3/b12-11+/t22-,23-,24-,25-,29+/m0/s1. The Bertz CT molecular complexity index is 1790. The molecule has 3 heterocycles. The smallest absolute Gasteiger partial charge is 0.330 e. The van der Waals surface area contributed by atoms with Crippen molar-refractivity contribution in [2.45, 2.75) is 56.9 Å². The quantitative estimate of drug-likeness (QED) is 0.262. The van der Waals surface area contributed by atoms with E-state index in [1.165, 1.54) is 27.2 Å². The Morgan fingerprint density at radius 1 is 0.891 bits per heavy atom. The van der Waals surface area contributed by atoms with Gasteiger partial charge in [0.25, 0.3) is 0 Å². The number of benzene rings is 1. The number of methoxy groups -OCH3 is 2. The van der Waals surface area contributed by atoms with Gasteiger partial charge < -0.3 is 14.2 Å². The first kappa shape index (κ1) is 31.1. The fourth-order valence-corrected chi connectivity index (χ4v) is 7.71. The van der Waals surface area contributed by atoms with Crippen LogP contribution in [-0.4, -0.2) is 97.0 Å². The zero-order valence-corrected chi connectivity index (χ0v) is 26.2. The number of fused-ring (bicyclic) bond motifs is 5. The third-order valence-electron chi connectivity index (χ3n) is 9.81. The first-order chi connectivity index (χ1) is 22.0. The molecule has 6 rings (SSSR count). The maximum Gasteiger partial charge on any atom is 0.330 e. The number of Topliss-reactive ketones (excluding diaryl/α,β-unsaturated/α-hetero) is 4. The number of esters is 1. The Morgan fingerprint density at radius 2 is 1.46 bits per heavy atom. The zero-order valence-electron chi connectivity index (χ0n) is 26.2. The van der Waals surface area contributed by atoms with Crippen LogP contribution in [0.15, 0.2) is 81.4 Å². The Labute approximate surface area is 266 Å². The Hall–Kier alpha value is -4.92. The largest absolute Gasteiger partial charge is 0.492 e. The van der Waals surface area contributed by atoms with E-state index in [9.17, 15) is 29.2 Å². The summed E-state index contributed by atoms with van der Waals surface area (Å²) in [6, 6.07) is 7.72. The van der Waals surface area contributed by atoms with E-state index in [1.807, 2.05) is 35.2 Å². The molecule has 0 saturated carbocycles. The van der Waals surface area contributed by atoms with Crippen LogP contribution in [0.5, 0.6) is 0 Å². The Morgan fingerprint density at radius 3 is 2.04 bits per heavy atom. The van der Waals surface area contributed by atoms with Crippen molar-refractivity contribution in [3.8, 4) is 6.07 Å². The molecule has 11 nitrogen and oxygen atoms in total. The molecule has 0 aromatic heterocycles. The Balaban J connectivity index is 1.46. The molecule has 1 saturated heterocycles. The van der Waals surface area contributed by atoms with E-state index in [1.54, 1.807) is 24.9 Å². The molecule has 3 aliphatic heterocycles. The van der Waals surface area contributed by atoms with Gasteiger partial charge >= 0.3 is 5.97 Å². The third-order valence-corrected chi connectivity index (χ3v) is 9.81.